The van der Waals surface area contributed by atoms with E-state index in [4.69, 9.17) is 21.1 Å². The van der Waals surface area contributed by atoms with Crippen molar-refractivity contribution in [3.8, 4) is 0 Å². The fraction of sp³-hybridized carbons (Fsp3) is 0.667. The molecular formula is C18H26ClN5O4. The number of carbonyl (C=O) groups excluding carboxylic acids is 2. The molecule has 2 aliphatic heterocycles. The number of aromatic nitrogens is 2. The molecule has 0 N–H and O–H groups in total. The fourth-order valence-electron chi connectivity index (χ4n) is 3.02. The number of anilines is 1. The van der Waals surface area contributed by atoms with Crippen LogP contribution < -0.4 is 4.90 Å². The van der Waals surface area contributed by atoms with Crippen LogP contribution in [0.25, 0.3) is 0 Å². The number of hydrogen-bond donors (Lipinski definition) is 0. The third-order valence-electron chi connectivity index (χ3n) is 4.43. The lowest BCUT2D eigenvalue weighted by molar-refractivity contribution is 0.0139. The lowest BCUT2D eigenvalue weighted by atomic mass is 10.2. The zero-order valence-electron chi connectivity index (χ0n) is 16.5. The highest BCUT2D eigenvalue weighted by Crippen LogP contribution is 2.19. The Kier molecular flexibility index (Phi) is 6.24. The largest absolute Gasteiger partial charge is 0.444 e. The molecule has 0 aliphatic carbocycles. The smallest absolute Gasteiger partial charge is 0.410 e. The first-order valence-electron chi connectivity index (χ1n) is 9.37. The van der Waals surface area contributed by atoms with E-state index in [1.54, 1.807) is 15.9 Å². The van der Waals surface area contributed by atoms with Gasteiger partial charge < -0.3 is 24.2 Å². The number of nitrogens with zero attached hydrogens (tertiary/aromatic N) is 5. The summed E-state index contributed by atoms with van der Waals surface area (Å²) in [6.45, 7) is 9.66. The van der Waals surface area contributed by atoms with Crippen LogP contribution in [-0.2, 0) is 9.47 Å². The van der Waals surface area contributed by atoms with Crippen molar-refractivity contribution < 1.29 is 19.1 Å². The maximum Gasteiger partial charge on any atom is 0.410 e. The normalized spacial score (nSPS) is 18.2. The highest BCUT2D eigenvalue weighted by molar-refractivity contribution is 6.29. The number of hydrogen-bond acceptors (Lipinski definition) is 7. The molecular weight excluding hydrogens is 386 g/mol. The highest BCUT2D eigenvalue weighted by atomic mass is 35.5. The average Bonchev–Trinajstić information content (AvgIpc) is 2.66. The molecule has 0 bridgehead atoms. The molecule has 10 heteroatoms. The number of morpholine rings is 1. The Morgan fingerprint density at radius 3 is 2.25 bits per heavy atom. The molecule has 0 unspecified atom stereocenters. The Balaban J connectivity index is 1.63. The molecule has 2 aliphatic rings. The number of amides is 2. The lowest BCUT2D eigenvalue weighted by Crippen LogP contribution is -2.52. The van der Waals surface area contributed by atoms with Crippen molar-refractivity contribution >= 4 is 29.4 Å². The van der Waals surface area contributed by atoms with Gasteiger partial charge in [-0.25, -0.2) is 14.8 Å². The molecule has 154 valence electrons. The van der Waals surface area contributed by atoms with Crippen LogP contribution in [0.2, 0.25) is 5.15 Å². The molecule has 0 aromatic carbocycles. The number of piperazine rings is 1. The second-order valence-corrected chi connectivity index (χ2v) is 8.12. The van der Waals surface area contributed by atoms with Gasteiger partial charge in [-0.2, -0.15) is 0 Å². The zero-order valence-corrected chi connectivity index (χ0v) is 17.2. The second-order valence-electron chi connectivity index (χ2n) is 7.73. The van der Waals surface area contributed by atoms with E-state index in [0.29, 0.717) is 58.3 Å². The summed E-state index contributed by atoms with van der Waals surface area (Å²) in [4.78, 5) is 38.8. The summed E-state index contributed by atoms with van der Waals surface area (Å²) in [7, 11) is 0. The van der Waals surface area contributed by atoms with Crippen molar-refractivity contribution in [1.82, 2.24) is 19.8 Å². The van der Waals surface area contributed by atoms with E-state index >= 15 is 0 Å². The molecule has 9 nitrogen and oxygen atoms in total. The number of ether oxygens (including phenoxy) is 2. The minimum absolute atomic E-state index is 0.0692. The minimum atomic E-state index is -0.547. The maximum absolute atomic E-state index is 12.9. The first-order valence-corrected chi connectivity index (χ1v) is 9.75. The molecule has 2 amide bonds. The number of halogens is 1. The third-order valence-corrected chi connectivity index (χ3v) is 4.62. The van der Waals surface area contributed by atoms with Gasteiger partial charge in [0.15, 0.2) is 0 Å². The quantitative estimate of drug-likeness (QED) is 0.684. The Labute approximate surface area is 169 Å². The summed E-state index contributed by atoms with van der Waals surface area (Å²) in [5.41, 5.74) is -0.547. The maximum atomic E-state index is 12.9. The fourth-order valence-corrected chi connectivity index (χ4v) is 3.19. The van der Waals surface area contributed by atoms with E-state index in [1.807, 2.05) is 25.7 Å². The van der Waals surface area contributed by atoms with Gasteiger partial charge in [0.1, 0.15) is 16.6 Å². The molecule has 28 heavy (non-hydrogen) atoms. The Hall–Kier alpha value is -2.13. The van der Waals surface area contributed by atoms with Gasteiger partial charge in [0.25, 0.3) is 5.91 Å². The predicted octanol–water partition coefficient (Wildman–Crippen LogP) is 1.66. The van der Waals surface area contributed by atoms with E-state index < -0.39 is 5.60 Å². The van der Waals surface area contributed by atoms with E-state index in [0.717, 1.165) is 0 Å². The third kappa shape index (κ3) is 5.23. The summed E-state index contributed by atoms with van der Waals surface area (Å²) in [5.74, 6) is 0.402. The van der Waals surface area contributed by atoms with Crippen molar-refractivity contribution in [3.63, 3.8) is 0 Å². The van der Waals surface area contributed by atoms with E-state index in [1.165, 1.54) is 0 Å². The highest BCUT2D eigenvalue weighted by Gasteiger charge is 2.29. The topological polar surface area (TPSA) is 88.1 Å². The number of rotatable bonds is 2. The Morgan fingerprint density at radius 1 is 1.04 bits per heavy atom. The minimum Gasteiger partial charge on any atom is -0.444 e. The lowest BCUT2D eigenvalue weighted by Gasteiger charge is -2.35. The van der Waals surface area contributed by atoms with Crippen LogP contribution in [0.3, 0.4) is 0 Å². The van der Waals surface area contributed by atoms with Gasteiger partial charge in [-0.3, -0.25) is 4.79 Å². The molecule has 3 rings (SSSR count). The van der Waals surface area contributed by atoms with Crippen LogP contribution in [0.1, 0.15) is 31.4 Å². The van der Waals surface area contributed by atoms with E-state index in [-0.39, 0.29) is 23.0 Å². The molecule has 1 aromatic heterocycles. The van der Waals surface area contributed by atoms with Crippen molar-refractivity contribution in [3.05, 3.63) is 17.0 Å². The molecule has 0 atom stereocenters. The van der Waals surface area contributed by atoms with Crippen molar-refractivity contribution in [2.75, 3.05) is 57.4 Å². The average molecular weight is 412 g/mol. The van der Waals surface area contributed by atoms with Gasteiger partial charge in [0.05, 0.1) is 13.2 Å². The van der Waals surface area contributed by atoms with E-state index in [2.05, 4.69) is 9.97 Å². The Bertz CT molecular complexity index is 725. The van der Waals surface area contributed by atoms with Crippen LogP contribution in [0.5, 0.6) is 0 Å². The summed E-state index contributed by atoms with van der Waals surface area (Å²) >= 11 is 6.13. The van der Waals surface area contributed by atoms with Crippen LogP contribution in [-0.4, -0.2) is 89.9 Å². The van der Waals surface area contributed by atoms with Crippen LogP contribution in [0.15, 0.2) is 6.07 Å². The van der Waals surface area contributed by atoms with E-state index in [9.17, 15) is 9.59 Å². The molecule has 0 saturated carbocycles. The molecule has 3 heterocycles. The first kappa shape index (κ1) is 20.6. The standard InChI is InChI=1S/C18H26ClN5O4/c1-18(2,3)28-17(26)24-6-4-23(5-7-24)16(25)15-20-13(19)12-14(21-15)22-8-10-27-11-9-22/h12H,4-11H2,1-3H3. The number of carbonyl (C=O) groups is 2. The summed E-state index contributed by atoms with van der Waals surface area (Å²) in [5, 5.41) is 0.229. The second kappa shape index (κ2) is 8.48. The monoisotopic (exact) mass is 411 g/mol. The van der Waals surface area contributed by atoms with Gasteiger partial charge >= 0.3 is 6.09 Å². The van der Waals surface area contributed by atoms with Gasteiger partial charge in [-0.1, -0.05) is 11.6 Å². The zero-order chi connectivity index (χ0) is 20.3. The summed E-state index contributed by atoms with van der Waals surface area (Å²) in [6.07, 6.45) is -0.367. The molecule has 0 radical (unpaired) electrons. The summed E-state index contributed by atoms with van der Waals surface area (Å²) in [6, 6.07) is 1.66. The molecule has 1 aromatic rings. The van der Waals surface area contributed by atoms with Crippen molar-refractivity contribution in [1.29, 1.82) is 0 Å². The van der Waals surface area contributed by atoms with Gasteiger partial charge in [0, 0.05) is 45.3 Å². The molecule has 2 saturated heterocycles. The Morgan fingerprint density at radius 2 is 1.64 bits per heavy atom. The van der Waals surface area contributed by atoms with Gasteiger partial charge in [-0.05, 0) is 20.8 Å². The van der Waals surface area contributed by atoms with Crippen LogP contribution in [0.4, 0.5) is 10.6 Å². The van der Waals surface area contributed by atoms with Crippen LogP contribution >= 0.6 is 11.6 Å². The predicted molar refractivity (Wildman–Crippen MR) is 104 cm³/mol. The molecule has 2 fully saturated rings. The van der Waals surface area contributed by atoms with Gasteiger partial charge in [0.2, 0.25) is 5.82 Å². The summed E-state index contributed by atoms with van der Waals surface area (Å²) < 4.78 is 10.7. The van der Waals surface area contributed by atoms with Crippen molar-refractivity contribution in [2.24, 2.45) is 0 Å². The van der Waals surface area contributed by atoms with Gasteiger partial charge in [-0.15, -0.1) is 0 Å². The SMILES string of the molecule is CC(C)(C)OC(=O)N1CCN(C(=O)c2nc(Cl)cc(N3CCOCC3)n2)CC1. The first-order chi connectivity index (χ1) is 13.2. The van der Waals surface area contributed by atoms with Crippen LogP contribution in [0, 0.1) is 0 Å². The van der Waals surface area contributed by atoms with Crippen molar-refractivity contribution in [2.45, 2.75) is 26.4 Å². The molecule has 0 spiro atoms.